The van der Waals surface area contributed by atoms with Crippen LogP contribution in [0.3, 0.4) is 0 Å². The molecular weight excluding hydrogens is 214 g/mol. The molecule has 0 saturated heterocycles. The lowest BCUT2D eigenvalue weighted by Gasteiger charge is -2.03. The van der Waals surface area contributed by atoms with Gasteiger partial charge in [0.2, 0.25) is 0 Å². The molecule has 1 aromatic rings. The third-order valence-corrected chi connectivity index (χ3v) is 2.69. The minimum atomic E-state index is 0.795. The molecule has 1 aromatic heterocycles. The molecule has 0 aliphatic carbocycles. The van der Waals surface area contributed by atoms with E-state index in [1.165, 1.54) is 18.4 Å². The predicted molar refractivity (Wildman–Crippen MR) is 70.2 cm³/mol. The second-order valence-electron chi connectivity index (χ2n) is 4.31. The van der Waals surface area contributed by atoms with Crippen molar-refractivity contribution in [2.24, 2.45) is 0 Å². The van der Waals surface area contributed by atoms with Crippen molar-refractivity contribution in [2.75, 3.05) is 26.8 Å². The Kier molecular flexibility index (Phi) is 7.67. The van der Waals surface area contributed by atoms with E-state index >= 15 is 0 Å². The highest BCUT2D eigenvalue weighted by atomic mass is 16.5. The molecule has 0 aromatic carbocycles. The fraction of sp³-hybridized carbons (Fsp3) is 0.769. The van der Waals surface area contributed by atoms with Gasteiger partial charge in [-0.3, -0.25) is 4.68 Å². The van der Waals surface area contributed by atoms with E-state index < -0.39 is 0 Å². The molecule has 1 N–H and O–H groups in total. The summed E-state index contributed by atoms with van der Waals surface area (Å²) in [4.78, 5) is 0. The molecule has 0 fully saturated rings. The van der Waals surface area contributed by atoms with Gasteiger partial charge in [-0.05, 0) is 37.8 Å². The summed E-state index contributed by atoms with van der Waals surface area (Å²) in [7, 11) is 1.73. The fourth-order valence-corrected chi connectivity index (χ4v) is 1.77. The summed E-state index contributed by atoms with van der Waals surface area (Å²) >= 11 is 0. The number of unbranched alkanes of at least 4 members (excludes halogenated alkanes) is 1. The number of methoxy groups -OCH3 is 1. The number of aromatic nitrogens is 2. The maximum atomic E-state index is 4.97. The highest BCUT2D eigenvalue weighted by Crippen LogP contribution is 2.04. The summed E-state index contributed by atoms with van der Waals surface area (Å²) in [5, 5.41) is 7.68. The van der Waals surface area contributed by atoms with Crippen molar-refractivity contribution in [3.63, 3.8) is 0 Å². The van der Waals surface area contributed by atoms with Crippen LogP contribution in [0.1, 0.15) is 31.7 Å². The second-order valence-corrected chi connectivity index (χ2v) is 4.31. The standard InChI is InChI=1S/C13H25N3O/c1-3-9-16-12-13(11-15-16)6-4-5-7-14-8-10-17-2/h11-12,14H,3-10H2,1-2H3. The van der Waals surface area contributed by atoms with E-state index in [1.807, 2.05) is 10.9 Å². The Bertz CT molecular complexity index is 286. The zero-order valence-electron chi connectivity index (χ0n) is 11.1. The molecule has 0 bridgehead atoms. The van der Waals surface area contributed by atoms with Crippen molar-refractivity contribution in [1.82, 2.24) is 15.1 Å². The zero-order chi connectivity index (χ0) is 12.3. The summed E-state index contributed by atoms with van der Waals surface area (Å²) in [5.41, 5.74) is 1.36. The van der Waals surface area contributed by atoms with Crippen molar-refractivity contribution in [3.8, 4) is 0 Å². The number of nitrogens with zero attached hydrogens (tertiary/aromatic N) is 2. The monoisotopic (exact) mass is 239 g/mol. The summed E-state index contributed by atoms with van der Waals surface area (Å²) in [6, 6.07) is 0. The van der Waals surface area contributed by atoms with Crippen molar-refractivity contribution < 1.29 is 4.74 Å². The van der Waals surface area contributed by atoms with Gasteiger partial charge >= 0.3 is 0 Å². The van der Waals surface area contributed by atoms with Crippen LogP contribution in [0.25, 0.3) is 0 Å². The van der Waals surface area contributed by atoms with Gasteiger partial charge in [-0.15, -0.1) is 0 Å². The molecule has 98 valence electrons. The van der Waals surface area contributed by atoms with E-state index in [-0.39, 0.29) is 0 Å². The van der Waals surface area contributed by atoms with Gasteiger partial charge in [-0.1, -0.05) is 6.92 Å². The van der Waals surface area contributed by atoms with Crippen LogP contribution in [0, 0.1) is 0 Å². The predicted octanol–water partition coefficient (Wildman–Crippen LogP) is 1.85. The fourth-order valence-electron chi connectivity index (χ4n) is 1.77. The number of hydrogen-bond acceptors (Lipinski definition) is 3. The van der Waals surface area contributed by atoms with Crippen molar-refractivity contribution in [3.05, 3.63) is 18.0 Å². The van der Waals surface area contributed by atoms with Gasteiger partial charge in [0.05, 0.1) is 12.8 Å². The van der Waals surface area contributed by atoms with Crippen LogP contribution >= 0.6 is 0 Å². The average molecular weight is 239 g/mol. The van der Waals surface area contributed by atoms with Gasteiger partial charge < -0.3 is 10.1 Å². The van der Waals surface area contributed by atoms with E-state index in [0.717, 1.165) is 39.1 Å². The third-order valence-electron chi connectivity index (χ3n) is 2.69. The first-order valence-corrected chi connectivity index (χ1v) is 6.57. The zero-order valence-corrected chi connectivity index (χ0v) is 11.1. The largest absolute Gasteiger partial charge is 0.383 e. The van der Waals surface area contributed by atoms with Crippen LogP contribution in [-0.2, 0) is 17.7 Å². The summed E-state index contributed by atoms with van der Waals surface area (Å²) in [6.45, 7) is 6.02. The maximum Gasteiger partial charge on any atom is 0.0587 e. The maximum absolute atomic E-state index is 4.97. The quantitative estimate of drug-likeness (QED) is 0.633. The number of rotatable bonds is 10. The Morgan fingerprint density at radius 2 is 2.24 bits per heavy atom. The van der Waals surface area contributed by atoms with E-state index in [9.17, 15) is 0 Å². The molecule has 1 rings (SSSR count). The van der Waals surface area contributed by atoms with Crippen molar-refractivity contribution in [1.29, 1.82) is 0 Å². The van der Waals surface area contributed by atoms with E-state index in [0.29, 0.717) is 0 Å². The topological polar surface area (TPSA) is 39.1 Å². The summed E-state index contributed by atoms with van der Waals surface area (Å²) < 4.78 is 7.00. The van der Waals surface area contributed by atoms with E-state index in [2.05, 4.69) is 23.5 Å². The molecule has 0 atom stereocenters. The molecule has 0 aliphatic heterocycles. The van der Waals surface area contributed by atoms with Crippen LogP contribution in [0.2, 0.25) is 0 Å². The van der Waals surface area contributed by atoms with Crippen LogP contribution in [0.15, 0.2) is 12.4 Å². The minimum absolute atomic E-state index is 0.795. The summed E-state index contributed by atoms with van der Waals surface area (Å²) in [5.74, 6) is 0. The van der Waals surface area contributed by atoms with E-state index in [1.54, 1.807) is 7.11 Å². The first-order valence-electron chi connectivity index (χ1n) is 6.57. The van der Waals surface area contributed by atoms with Crippen LogP contribution in [0.5, 0.6) is 0 Å². The lowest BCUT2D eigenvalue weighted by Crippen LogP contribution is -2.20. The lowest BCUT2D eigenvalue weighted by atomic mass is 10.1. The molecule has 4 heteroatoms. The Labute approximate surface area is 104 Å². The number of aryl methyl sites for hydroxylation is 2. The molecule has 4 nitrogen and oxygen atoms in total. The third kappa shape index (κ3) is 6.44. The molecule has 0 amide bonds. The van der Waals surface area contributed by atoms with Gasteiger partial charge in [0.1, 0.15) is 0 Å². The van der Waals surface area contributed by atoms with Gasteiger partial charge in [0.25, 0.3) is 0 Å². The highest BCUT2D eigenvalue weighted by Gasteiger charge is 1.97. The average Bonchev–Trinajstić information content (AvgIpc) is 2.76. The molecule has 17 heavy (non-hydrogen) atoms. The Morgan fingerprint density at radius 1 is 1.35 bits per heavy atom. The van der Waals surface area contributed by atoms with E-state index in [4.69, 9.17) is 4.74 Å². The minimum Gasteiger partial charge on any atom is -0.383 e. The molecule has 0 spiro atoms. The Morgan fingerprint density at radius 3 is 3.00 bits per heavy atom. The first kappa shape index (κ1) is 14.2. The van der Waals surface area contributed by atoms with Crippen LogP contribution < -0.4 is 5.32 Å². The van der Waals surface area contributed by atoms with Crippen molar-refractivity contribution >= 4 is 0 Å². The molecule has 0 radical (unpaired) electrons. The SMILES string of the molecule is CCCn1cc(CCCCNCCOC)cn1. The lowest BCUT2D eigenvalue weighted by molar-refractivity contribution is 0.199. The highest BCUT2D eigenvalue weighted by molar-refractivity contribution is 5.03. The van der Waals surface area contributed by atoms with Crippen LogP contribution in [-0.4, -0.2) is 36.6 Å². The molecule has 0 unspecified atom stereocenters. The van der Waals surface area contributed by atoms with Gasteiger partial charge in [0.15, 0.2) is 0 Å². The second kappa shape index (κ2) is 9.19. The summed E-state index contributed by atoms with van der Waals surface area (Å²) in [6.07, 6.45) is 8.87. The Balaban J connectivity index is 2.01. The number of hydrogen-bond donors (Lipinski definition) is 1. The molecule has 1 heterocycles. The molecule has 0 aliphatic rings. The molecular formula is C13H25N3O. The molecule has 0 saturated carbocycles. The Hall–Kier alpha value is -0.870. The van der Waals surface area contributed by atoms with Gasteiger partial charge in [0, 0.05) is 26.4 Å². The first-order chi connectivity index (χ1) is 8.36. The van der Waals surface area contributed by atoms with Gasteiger partial charge in [-0.25, -0.2) is 0 Å². The normalized spacial score (nSPS) is 10.9. The number of ether oxygens (including phenoxy) is 1. The number of nitrogens with one attached hydrogen (secondary N) is 1. The van der Waals surface area contributed by atoms with Crippen molar-refractivity contribution in [2.45, 2.75) is 39.2 Å². The smallest absolute Gasteiger partial charge is 0.0587 e. The van der Waals surface area contributed by atoms with Gasteiger partial charge in [-0.2, -0.15) is 5.10 Å². The van der Waals surface area contributed by atoms with Crippen LogP contribution in [0.4, 0.5) is 0 Å².